The van der Waals surface area contributed by atoms with Crippen LogP contribution in [0, 0.1) is 67.5 Å². The molecular formula is C51H48Cl2Ti-2. The quantitative estimate of drug-likeness (QED) is 0.134. The van der Waals surface area contributed by atoms with E-state index in [-0.39, 0.29) is 24.8 Å². The van der Waals surface area contributed by atoms with Crippen LogP contribution >= 0.6 is 0 Å². The van der Waals surface area contributed by atoms with Crippen LogP contribution in [-0.2, 0) is 26.4 Å². The average Bonchev–Trinajstić information content (AvgIpc) is 3.80. The Hall–Kier alpha value is -4.04. The number of rotatable bonds is 4. The van der Waals surface area contributed by atoms with Crippen LogP contribution in [0.15, 0.2) is 121 Å². The monoisotopic (exact) mass is 778 g/mol. The number of aryl methyl sites for hydroxylation is 8. The molecule has 272 valence electrons. The van der Waals surface area contributed by atoms with Gasteiger partial charge in [-0.1, -0.05) is 81.4 Å². The van der Waals surface area contributed by atoms with Gasteiger partial charge in [-0.05, 0) is 75.8 Å². The molecule has 2 aliphatic rings. The minimum absolute atomic E-state index is 0. The average molecular weight is 780 g/mol. The number of fused-ring (bicyclic) bond motifs is 3. The molecule has 0 spiro atoms. The first-order valence-corrected chi connectivity index (χ1v) is 19.1. The topological polar surface area (TPSA) is 0 Å². The summed E-state index contributed by atoms with van der Waals surface area (Å²) in [7, 11) is 0. The van der Waals surface area contributed by atoms with E-state index in [0.29, 0.717) is 0 Å². The van der Waals surface area contributed by atoms with Crippen molar-refractivity contribution in [3.8, 4) is 33.4 Å². The molecule has 6 aromatic carbocycles. The summed E-state index contributed by atoms with van der Waals surface area (Å²) in [6.45, 7) is 17.5. The Morgan fingerprint density at radius 1 is 0.537 bits per heavy atom. The summed E-state index contributed by atoms with van der Waals surface area (Å²) in [6.07, 6.45) is 11.0. The molecule has 0 aliphatic heterocycles. The van der Waals surface area contributed by atoms with Gasteiger partial charge in [0.25, 0.3) is 0 Å². The molecule has 0 radical (unpaired) electrons. The fraction of sp³-hybridized carbons (Fsp3) is 0.196. The number of halogens is 2. The van der Waals surface area contributed by atoms with Crippen LogP contribution in [0.25, 0.3) is 33.4 Å². The van der Waals surface area contributed by atoms with Gasteiger partial charge in [-0.15, -0.1) is 35.7 Å². The molecule has 0 saturated carbocycles. The Morgan fingerprint density at radius 2 is 1.04 bits per heavy atom. The van der Waals surface area contributed by atoms with Gasteiger partial charge in [0.2, 0.25) is 0 Å². The van der Waals surface area contributed by atoms with Crippen LogP contribution in [-0.4, -0.2) is 3.81 Å². The molecule has 0 amide bonds. The molecular weight excluding hydrogens is 731 g/mol. The summed E-state index contributed by atoms with van der Waals surface area (Å²) >= 11 is 2.18. The van der Waals surface area contributed by atoms with Crippen molar-refractivity contribution in [3.05, 3.63) is 200 Å². The van der Waals surface area contributed by atoms with E-state index in [1.807, 2.05) is 12.2 Å². The number of benzene rings is 6. The summed E-state index contributed by atoms with van der Waals surface area (Å²) in [6, 6.07) is 41.8. The van der Waals surface area contributed by atoms with Gasteiger partial charge < -0.3 is 24.8 Å². The molecule has 0 aromatic heterocycles. The molecule has 0 saturated heterocycles. The molecule has 0 bridgehead atoms. The van der Waals surface area contributed by atoms with E-state index in [2.05, 4.69) is 197 Å². The first-order chi connectivity index (χ1) is 25.0. The van der Waals surface area contributed by atoms with Crippen LogP contribution in [0.2, 0.25) is 0 Å². The normalized spacial score (nSPS) is 11.6. The standard InChI is InChI=1S/C31H29.C15H14.C5H5.2ClH.Ti/c1-18-11-20(3)30(21(4)12-18)24-7-9-28-26(15-24)17-27-16-25(8-10-29(27)28)31-22(5)13-19(2)14-23(31)6;1-12-3-7-14(8-4-12)11-15-9-5-13(2)6-10-15;1-2-4-5-3-1;;;/h7-15H,17H2,1-6H3;3-10H,1-2H3;1-3H,4H2;2*1H;/q-1;;-1;;;+2/p-2. The number of allylic oxidation sites excluding steroid dienone is 4. The summed E-state index contributed by atoms with van der Waals surface area (Å²) in [5.74, 6) is 0. The molecule has 2 aliphatic carbocycles. The third-order valence-corrected chi connectivity index (χ3v) is 10.9. The van der Waals surface area contributed by atoms with E-state index in [0.717, 1.165) is 12.8 Å². The van der Waals surface area contributed by atoms with Crippen molar-refractivity contribution in [2.45, 2.75) is 68.2 Å². The molecule has 54 heavy (non-hydrogen) atoms. The summed E-state index contributed by atoms with van der Waals surface area (Å²) in [5.41, 5.74) is 23.9. The van der Waals surface area contributed by atoms with E-state index < -0.39 is 0 Å². The van der Waals surface area contributed by atoms with Crippen molar-refractivity contribution >= 4 is 3.81 Å². The predicted molar refractivity (Wildman–Crippen MR) is 220 cm³/mol. The first kappa shape index (κ1) is 42.7. The molecule has 3 heteroatoms. The van der Waals surface area contributed by atoms with Gasteiger partial charge in [-0.2, -0.15) is 6.08 Å². The third-order valence-electron chi connectivity index (χ3n) is 9.97. The summed E-state index contributed by atoms with van der Waals surface area (Å²) < 4.78 is 1.33. The second kappa shape index (κ2) is 19.0. The van der Waals surface area contributed by atoms with Crippen LogP contribution < -0.4 is 24.8 Å². The number of hydrogen-bond acceptors (Lipinski definition) is 0. The van der Waals surface area contributed by atoms with Crippen molar-refractivity contribution in [1.29, 1.82) is 0 Å². The zero-order valence-corrected chi connectivity index (χ0v) is 35.8. The van der Waals surface area contributed by atoms with E-state index >= 15 is 0 Å². The van der Waals surface area contributed by atoms with E-state index in [1.54, 1.807) is 0 Å². The summed E-state index contributed by atoms with van der Waals surface area (Å²) in [5, 5.41) is 0. The van der Waals surface area contributed by atoms with Gasteiger partial charge in [0, 0.05) is 0 Å². The minimum Gasteiger partial charge on any atom is -1.00 e. The molecule has 0 atom stereocenters. The maximum absolute atomic E-state index is 3.78. The Labute approximate surface area is 348 Å². The van der Waals surface area contributed by atoms with Gasteiger partial charge in [0.05, 0.1) is 0 Å². The Kier molecular flexibility index (Phi) is 15.0. The molecule has 8 rings (SSSR count). The molecule has 0 N–H and O–H groups in total. The second-order valence-electron chi connectivity index (χ2n) is 14.5. The van der Waals surface area contributed by atoms with Gasteiger partial charge in [0.1, 0.15) is 0 Å². The van der Waals surface area contributed by atoms with Crippen molar-refractivity contribution in [3.63, 3.8) is 0 Å². The van der Waals surface area contributed by atoms with Crippen molar-refractivity contribution < 1.29 is 44.8 Å². The van der Waals surface area contributed by atoms with Gasteiger partial charge in [-0.3, -0.25) is 6.08 Å². The minimum atomic E-state index is 0. The van der Waals surface area contributed by atoms with Crippen molar-refractivity contribution in [2.75, 3.05) is 0 Å². The van der Waals surface area contributed by atoms with E-state index in [9.17, 15) is 0 Å². The fourth-order valence-corrected chi connectivity index (χ4v) is 8.13. The van der Waals surface area contributed by atoms with Crippen molar-refractivity contribution in [2.24, 2.45) is 0 Å². The fourth-order valence-electron chi connectivity index (χ4n) is 7.61. The Balaban J connectivity index is 0.000000236. The first-order valence-electron chi connectivity index (χ1n) is 18.3. The largest absolute Gasteiger partial charge is 1.00 e. The van der Waals surface area contributed by atoms with Crippen LogP contribution in [0.1, 0.15) is 73.2 Å². The number of hydrogen-bond donors (Lipinski definition) is 0. The van der Waals surface area contributed by atoms with E-state index in [4.69, 9.17) is 0 Å². The van der Waals surface area contributed by atoms with E-state index in [1.165, 1.54) is 104 Å². The molecule has 6 aromatic rings. The molecule has 0 heterocycles. The van der Waals surface area contributed by atoms with Gasteiger partial charge in [0.15, 0.2) is 0 Å². The molecule has 0 unspecified atom stereocenters. The maximum Gasteiger partial charge on any atom is -0.109 e. The predicted octanol–water partition coefficient (Wildman–Crippen LogP) is 6.98. The Morgan fingerprint density at radius 3 is 1.50 bits per heavy atom. The zero-order chi connectivity index (χ0) is 36.9. The zero-order valence-electron chi connectivity index (χ0n) is 32.7. The molecule has 0 nitrogen and oxygen atoms in total. The van der Waals surface area contributed by atoms with Crippen LogP contribution in [0.4, 0.5) is 0 Å². The summed E-state index contributed by atoms with van der Waals surface area (Å²) in [4.78, 5) is 0. The van der Waals surface area contributed by atoms with Crippen LogP contribution in [0.3, 0.4) is 0 Å². The van der Waals surface area contributed by atoms with Gasteiger partial charge >= 0.3 is 108 Å². The second-order valence-corrected chi connectivity index (χ2v) is 15.3. The smallest absolute Gasteiger partial charge is 0.109 e. The van der Waals surface area contributed by atoms with Crippen LogP contribution in [0.5, 0.6) is 0 Å². The maximum atomic E-state index is 3.78. The molecule has 0 fully saturated rings. The Bertz CT molecular complexity index is 2110. The van der Waals surface area contributed by atoms with Gasteiger partial charge in [-0.25, -0.2) is 12.2 Å². The van der Waals surface area contributed by atoms with Crippen molar-refractivity contribution in [1.82, 2.24) is 0 Å². The SMILES string of the molecule is Cc1cc(C)c(-c2[c-]c3c(cc2)-c2ccc(-c4c(C)cc(C)cc4C)cc2C3)c(C)c1.Cc1ccc([C](=[Ti+2])c2ccc(C)cc2)cc1.[C-]1=CC=CC1.[Cl-].[Cl-]. The third kappa shape index (κ3) is 9.98.